The van der Waals surface area contributed by atoms with Crippen molar-refractivity contribution in [2.45, 2.75) is 106 Å². The second kappa shape index (κ2) is 6.31. The molecule has 0 aliphatic heterocycles. The molecule has 3 saturated carbocycles. The van der Waals surface area contributed by atoms with Crippen LogP contribution in [0.5, 0.6) is 0 Å². The van der Waals surface area contributed by atoms with Crippen molar-refractivity contribution in [1.29, 1.82) is 0 Å². The van der Waals surface area contributed by atoms with Crippen LogP contribution in [0.25, 0.3) is 0 Å². The second-order valence-electron chi connectivity index (χ2n) is 11.6. The van der Waals surface area contributed by atoms with Gasteiger partial charge in [-0.15, -0.1) is 0 Å². The first-order valence-corrected chi connectivity index (χ1v) is 11.1. The van der Waals surface area contributed by atoms with Crippen molar-refractivity contribution in [3.8, 4) is 0 Å². The first kappa shape index (κ1) is 18.8. The molecule has 3 rings (SSSR count). The Hall–Kier alpha value is 0. The number of rotatable bonds is 3. The Balaban J connectivity index is 1.90. The topological polar surface area (TPSA) is 0 Å². The molecular formula is C24H44. The predicted octanol–water partition coefficient (Wildman–Crippen LogP) is 7.72. The molecule has 0 aromatic carbocycles. The Kier molecular flexibility index (Phi) is 4.94. The van der Waals surface area contributed by atoms with E-state index in [1.165, 1.54) is 57.8 Å². The number of hydrogen-bond donors (Lipinski definition) is 0. The third kappa shape index (κ3) is 2.88. The fourth-order valence-electron chi connectivity index (χ4n) is 8.20. The van der Waals surface area contributed by atoms with Crippen molar-refractivity contribution >= 4 is 0 Å². The largest absolute Gasteiger partial charge is 0.0628 e. The van der Waals surface area contributed by atoms with Gasteiger partial charge in [-0.3, -0.25) is 0 Å². The van der Waals surface area contributed by atoms with Gasteiger partial charge in [-0.25, -0.2) is 0 Å². The molecule has 140 valence electrons. The first-order valence-electron chi connectivity index (χ1n) is 11.1. The van der Waals surface area contributed by atoms with E-state index >= 15 is 0 Å². The second-order valence-corrected chi connectivity index (χ2v) is 11.6. The van der Waals surface area contributed by atoms with E-state index in [9.17, 15) is 0 Å². The van der Waals surface area contributed by atoms with E-state index in [0.29, 0.717) is 16.2 Å². The van der Waals surface area contributed by atoms with Gasteiger partial charge < -0.3 is 0 Å². The zero-order valence-electron chi connectivity index (χ0n) is 17.8. The van der Waals surface area contributed by atoms with Crippen molar-refractivity contribution < 1.29 is 0 Å². The maximum absolute atomic E-state index is 2.72. The molecule has 0 saturated heterocycles. The molecule has 0 N–H and O–H groups in total. The summed E-state index contributed by atoms with van der Waals surface area (Å²) in [5.41, 5.74) is 1.81. The number of hydrogen-bond acceptors (Lipinski definition) is 0. The zero-order chi connectivity index (χ0) is 17.8. The minimum Gasteiger partial charge on any atom is -0.0628 e. The van der Waals surface area contributed by atoms with Crippen LogP contribution >= 0.6 is 0 Å². The van der Waals surface area contributed by atoms with E-state index < -0.39 is 0 Å². The van der Waals surface area contributed by atoms with Gasteiger partial charge in [-0.2, -0.15) is 0 Å². The average molecular weight is 333 g/mol. The lowest BCUT2D eigenvalue weighted by Crippen LogP contribution is -2.59. The van der Waals surface area contributed by atoms with Gasteiger partial charge in [0.1, 0.15) is 0 Å². The van der Waals surface area contributed by atoms with Crippen molar-refractivity contribution in [1.82, 2.24) is 0 Å². The summed E-state index contributed by atoms with van der Waals surface area (Å²) in [5, 5.41) is 0. The predicted molar refractivity (Wildman–Crippen MR) is 106 cm³/mol. The van der Waals surface area contributed by atoms with Crippen LogP contribution in [0.15, 0.2) is 0 Å². The lowest BCUT2D eigenvalue weighted by Gasteiger charge is -2.66. The van der Waals surface area contributed by atoms with Gasteiger partial charge in [0.25, 0.3) is 0 Å². The molecule has 24 heavy (non-hydrogen) atoms. The highest BCUT2D eigenvalue weighted by Crippen LogP contribution is 2.69. The molecule has 3 aliphatic carbocycles. The molecule has 0 spiro atoms. The van der Waals surface area contributed by atoms with Crippen molar-refractivity contribution in [2.75, 3.05) is 0 Å². The van der Waals surface area contributed by atoms with Crippen LogP contribution in [0.2, 0.25) is 0 Å². The van der Waals surface area contributed by atoms with Crippen LogP contribution in [0.1, 0.15) is 106 Å². The van der Waals surface area contributed by atoms with Crippen molar-refractivity contribution in [2.24, 2.45) is 45.8 Å². The fraction of sp³-hybridized carbons (Fsp3) is 1.00. The Morgan fingerprint density at radius 1 is 0.833 bits per heavy atom. The minimum absolute atomic E-state index is 0.574. The van der Waals surface area contributed by atoms with Crippen LogP contribution in [0.3, 0.4) is 0 Å². The summed E-state index contributed by atoms with van der Waals surface area (Å²) < 4.78 is 0. The summed E-state index contributed by atoms with van der Waals surface area (Å²) in [7, 11) is 0. The van der Waals surface area contributed by atoms with Gasteiger partial charge >= 0.3 is 0 Å². The molecule has 6 atom stereocenters. The number of fused-ring (bicyclic) bond motifs is 3. The standard InChI is InChI=1S/C24H44/c1-17(2)9-11-19-18(3)10-12-21-23(19,6)16-13-20-22(4,5)14-8-15-24(20,21)7/h17-21H,8-16H2,1-7H3/t18-,19+,20?,21?,23-,24-/m0/s1. The Labute approximate surface area is 152 Å². The highest BCUT2D eigenvalue weighted by atomic mass is 14.7. The van der Waals surface area contributed by atoms with Gasteiger partial charge in [0.2, 0.25) is 0 Å². The molecule has 0 radical (unpaired) electrons. The highest BCUT2D eigenvalue weighted by molar-refractivity contribution is 5.10. The van der Waals surface area contributed by atoms with Crippen LogP contribution in [-0.2, 0) is 0 Å². The molecular weight excluding hydrogens is 288 g/mol. The summed E-state index contributed by atoms with van der Waals surface area (Å²) in [4.78, 5) is 0. The lowest BCUT2D eigenvalue weighted by molar-refractivity contribution is -0.174. The van der Waals surface area contributed by atoms with E-state index in [-0.39, 0.29) is 0 Å². The zero-order valence-corrected chi connectivity index (χ0v) is 17.8. The highest BCUT2D eigenvalue weighted by Gasteiger charge is 2.61. The summed E-state index contributed by atoms with van der Waals surface area (Å²) in [6, 6.07) is 0. The quantitative estimate of drug-likeness (QED) is 0.496. The summed E-state index contributed by atoms with van der Waals surface area (Å²) in [6.07, 6.45) is 13.4. The molecule has 0 aromatic heterocycles. The summed E-state index contributed by atoms with van der Waals surface area (Å²) in [5.74, 6) is 4.73. The third-order valence-electron chi connectivity index (χ3n) is 9.34. The fourth-order valence-corrected chi connectivity index (χ4v) is 8.20. The minimum atomic E-state index is 0.574. The Morgan fingerprint density at radius 3 is 2.21 bits per heavy atom. The van der Waals surface area contributed by atoms with E-state index in [2.05, 4.69) is 48.5 Å². The van der Waals surface area contributed by atoms with Gasteiger partial charge in [-0.1, -0.05) is 67.7 Å². The summed E-state index contributed by atoms with van der Waals surface area (Å²) in [6.45, 7) is 18.0. The first-order chi connectivity index (χ1) is 11.1. The maximum atomic E-state index is 2.72. The molecule has 0 aromatic rings. The van der Waals surface area contributed by atoms with Gasteiger partial charge in [0.15, 0.2) is 0 Å². The monoisotopic (exact) mass is 332 g/mol. The Bertz CT molecular complexity index is 447. The van der Waals surface area contributed by atoms with E-state index in [1.807, 2.05) is 0 Å². The SMILES string of the molecule is CC(C)CC[C@@H]1[C@@H](C)CCC2[C@@]3(C)CCCC(C)(C)C3CC[C@]21C. The molecule has 3 fully saturated rings. The third-order valence-corrected chi connectivity index (χ3v) is 9.34. The van der Waals surface area contributed by atoms with Gasteiger partial charge in [0, 0.05) is 0 Å². The smallest absolute Gasteiger partial charge is 0.0259 e. The maximum Gasteiger partial charge on any atom is -0.0259 e. The normalized spacial score (nSPS) is 48.0. The molecule has 0 heterocycles. The molecule has 0 heteroatoms. The van der Waals surface area contributed by atoms with E-state index in [4.69, 9.17) is 0 Å². The van der Waals surface area contributed by atoms with Gasteiger partial charge in [0.05, 0.1) is 0 Å². The van der Waals surface area contributed by atoms with Crippen LogP contribution in [0, 0.1) is 45.8 Å². The van der Waals surface area contributed by atoms with E-state index in [1.54, 1.807) is 0 Å². The van der Waals surface area contributed by atoms with Crippen LogP contribution < -0.4 is 0 Å². The van der Waals surface area contributed by atoms with Crippen molar-refractivity contribution in [3.05, 3.63) is 0 Å². The van der Waals surface area contributed by atoms with Crippen molar-refractivity contribution in [3.63, 3.8) is 0 Å². The molecule has 3 aliphatic rings. The molecule has 0 amide bonds. The average Bonchev–Trinajstić information content (AvgIpc) is 2.44. The van der Waals surface area contributed by atoms with Gasteiger partial charge in [-0.05, 0) is 84.4 Å². The van der Waals surface area contributed by atoms with E-state index in [0.717, 1.165) is 29.6 Å². The van der Waals surface area contributed by atoms with Crippen LogP contribution in [-0.4, -0.2) is 0 Å². The summed E-state index contributed by atoms with van der Waals surface area (Å²) >= 11 is 0. The van der Waals surface area contributed by atoms with Crippen LogP contribution in [0.4, 0.5) is 0 Å². The lowest BCUT2D eigenvalue weighted by atomic mass is 9.38. The molecule has 0 bridgehead atoms. The molecule has 2 unspecified atom stereocenters. The molecule has 0 nitrogen and oxygen atoms in total. The Morgan fingerprint density at radius 2 is 1.54 bits per heavy atom.